The summed E-state index contributed by atoms with van der Waals surface area (Å²) in [6.07, 6.45) is 6.42. The molecule has 19 heavy (non-hydrogen) atoms. The average molecular weight is 268 g/mol. The third-order valence-electron chi connectivity index (χ3n) is 3.82. The molecule has 0 fully saturated rings. The summed E-state index contributed by atoms with van der Waals surface area (Å²) in [7, 11) is 0. The van der Waals surface area contributed by atoms with E-state index in [9.17, 15) is 14.6 Å². The van der Waals surface area contributed by atoms with Crippen molar-refractivity contribution in [1.82, 2.24) is 0 Å². The zero-order valence-electron chi connectivity index (χ0n) is 11.7. The topological polar surface area (TPSA) is 40.5 Å². The minimum atomic E-state index is -0.639. The third kappa shape index (κ3) is 4.59. The van der Waals surface area contributed by atoms with Gasteiger partial charge in [0.05, 0.1) is 13.2 Å². The molecule has 0 atom stereocenters. The maximum absolute atomic E-state index is 12.9. The lowest BCUT2D eigenvalue weighted by Gasteiger charge is -2.30. The van der Waals surface area contributed by atoms with Crippen LogP contribution in [0.3, 0.4) is 0 Å². The van der Waals surface area contributed by atoms with Crippen LogP contribution in [0.1, 0.15) is 51.0 Å². The predicted octanol–water partition coefficient (Wildman–Crippen LogP) is 3.41. The summed E-state index contributed by atoms with van der Waals surface area (Å²) in [5.41, 5.74) is 0.175. The number of aliphatic hydroxyl groups excluding tert-OH is 2. The lowest BCUT2D eigenvalue weighted by atomic mass is 9.77. The van der Waals surface area contributed by atoms with Gasteiger partial charge in [0.1, 0.15) is 5.82 Å². The highest BCUT2D eigenvalue weighted by Crippen LogP contribution is 2.30. The molecule has 2 nitrogen and oxygen atoms in total. The van der Waals surface area contributed by atoms with Gasteiger partial charge in [0.15, 0.2) is 0 Å². The number of aliphatic hydroxyl groups is 2. The fourth-order valence-electron chi connectivity index (χ4n) is 2.41. The minimum absolute atomic E-state index is 0.108. The van der Waals surface area contributed by atoms with Crippen LogP contribution < -0.4 is 0 Å². The molecule has 1 aromatic carbocycles. The molecule has 0 unspecified atom stereocenters. The normalized spacial score (nSPS) is 11.8. The van der Waals surface area contributed by atoms with Gasteiger partial charge in [0.2, 0.25) is 0 Å². The summed E-state index contributed by atoms with van der Waals surface area (Å²) in [6.45, 7) is 1.95. The smallest absolute Gasteiger partial charge is 0.123 e. The summed E-state index contributed by atoms with van der Waals surface area (Å²) in [5.74, 6) is -0.295. The molecule has 1 aromatic rings. The second-order valence-electron chi connectivity index (χ2n) is 5.27. The highest BCUT2D eigenvalue weighted by atomic mass is 19.1. The van der Waals surface area contributed by atoms with Crippen molar-refractivity contribution in [3.8, 4) is 0 Å². The van der Waals surface area contributed by atoms with Crippen LogP contribution in [0.4, 0.5) is 4.39 Å². The largest absolute Gasteiger partial charge is 0.395 e. The van der Waals surface area contributed by atoms with Crippen LogP contribution in [0.5, 0.6) is 0 Å². The Morgan fingerprint density at radius 2 is 1.53 bits per heavy atom. The van der Waals surface area contributed by atoms with Crippen molar-refractivity contribution in [2.45, 2.75) is 50.9 Å². The maximum Gasteiger partial charge on any atom is 0.123 e. The molecule has 2 N–H and O–H groups in total. The van der Waals surface area contributed by atoms with Crippen LogP contribution in [-0.2, 0) is 5.41 Å². The van der Waals surface area contributed by atoms with Crippen LogP contribution >= 0.6 is 0 Å². The third-order valence-corrected chi connectivity index (χ3v) is 3.82. The second kappa shape index (κ2) is 8.28. The van der Waals surface area contributed by atoms with E-state index < -0.39 is 5.41 Å². The van der Waals surface area contributed by atoms with Crippen molar-refractivity contribution in [2.24, 2.45) is 0 Å². The van der Waals surface area contributed by atoms with Crippen LogP contribution in [0, 0.1) is 5.82 Å². The Balaban J connectivity index is 2.65. The zero-order valence-corrected chi connectivity index (χ0v) is 11.7. The molecule has 0 radical (unpaired) electrons. The van der Waals surface area contributed by atoms with Gasteiger partial charge in [-0.1, -0.05) is 51.2 Å². The van der Waals surface area contributed by atoms with Gasteiger partial charge in [0, 0.05) is 5.41 Å². The first kappa shape index (κ1) is 16.1. The highest BCUT2D eigenvalue weighted by Gasteiger charge is 2.30. The van der Waals surface area contributed by atoms with Gasteiger partial charge < -0.3 is 10.2 Å². The fraction of sp³-hybridized carbons (Fsp3) is 0.625. The van der Waals surface area contributed by atoms with E-state index in [1.165, 1.54) is 31.4 Å². The lowest BCUT2D eigenvalue weighted by Crippen LogP contribution is -2.34. The number of halogens is 1. The summed E-state index contributed by atoms with van der Waals surface area (Å²) >= 11 is 0. The molecule has 0 aliphatic rings. The van der Waals surface area contributed by atoms with Crippen LogP contribution in [0.25, 0.3) is 0 Å². The van der Waals surface area contributed by atoms with Crippen LogP contribution in [0.15, 0.2) is 24.3 Å². The zero-order chi connectivity index (χ0) is 14.1. The Labute approximate surface area is 115 Å². The average Bonchev–Trinajstić information content (AvgIpc) is 2.45. The number of hydrogen-bond acceptors (Lipinski definition) is 2. The molecule has 0 aliphatic carbocycles. The number of benzene rings is 1. The SMILES string of the molecule is CCCCCCCC(CO)(CO)c1ccc(F)cc1. The molecule has 3 heteroatoms. The Morgan fingerprint density at radius 1 is 0.947 bits per heavy atom. The van der Waals surface area contributed by atoms with Crippen molar-refractivity contribution in [3.05, 3.63) is 35.6 Å². The monoisotopic (exact) mass is 268 g/mol. The Morgan fingerprint density at radius 3 is 2.05 bits per heavy atom. The first-order valence-electron chi connectivity index (χ1n) is 7.16. The molecule has 108 valence electrons. The molecule has 0 amide bonds. The van der Waals surface area contributed by atoms with Crippen LogP contribution in [-0.4, -0.2) is 23.4 Å². The van der Waals surface area contributed by atoms with E-state index in [1.807, 2.05) is 0 Å². The number of unbranched alkanes of at least 4 members (excludes halogenated alkanes) is 4. The van der Waals surface area contributed by atoms with E-state index in [2.05, 4.69) is 6.92 Å². The summed E-state index contributed by atoms with van der Waals surface area (Å²) in [6, 6.07) is 6.08. The van der Waals surface area contributed by atoms with Gasteiger partial charge in [-0.25, -0.2) is 4.39 Å². The molecular weight excluding hydrogens is 243 g/mol. The van der Waals surface area contributed by atoms with Gasteiger partial charge in [-0.15, -0.1) is 0 Å². The highest BCUT2D eigenvalue weighted by molar-refractivity contribution is 5.26. The van der Waals surface area contributed by atoms with Crippen molar-refractivity contribution in [2.75, 3.05) is 13.2 Å². The lowest BCUT2D eigenvalue weighted by molar-refractivity contribution is 0.107. The molecular formula is C16H25FO2. The van der Waals surface area contributed by atoms with Crippen molar-refractivity contribution in [1.29, 1.82) is 0 Å². The van der Waals surface area contributed by atoms with Crippen LogP contribution in [0.2, 0.25) is 0 Å². The van der Waals surface area contributed by atoms with Gasteiger partial charge in [-0.2, -0.15) is 0 Å². The van der Waals surface area contributed by atoms with E-state index >= 15 is 0 Å². The molecule has 0 saturated carbocycles. The van der Waals surface area contributed by atoms with Gasteiger partial charge in [0.25, 0.3) is 0 Å². The van der Waals surface area contributed by atoms with E-state index in [1.54, 1.807) is 12.1 Å². The Hall–Kier alpha value is -0.930. The summed E-state index contributed by atoms with van der Waals surface area (Å²) in [5, 5.41) is 19.3. The van der Waals surface area contributed by atoms with E-state index in [0.717, 1.165) is 24.8 Å². The van der Waals surface area contributed by atoms with E-state index in [0.29, 0.717) is 0 Å². The number of rotatable bonds is 9. The molecule has 1 rings (SSSR count). The first-order valence-corrected chi connectivity index (χ1v) is 7.16. The molecule has 0 spiro atoms. The maximum atomic E-state index is 12.9. The molecule has 0 saturated heterocycles. The quantitative estimate of drug-likeness (QED) is 0.674. The molecule has 0 aliphatic heterocycles. The Kier molecular flexibility index (Phi) is 7.03. The fourth-order valence-corrected chi connectivity index (χ4v) is 2.41. The van der Waals surface area contributed by atoms with Gasteiger partial charge in [-0.05, 0) is 24.1 Å². The Bertz CT molecular complexity index is 344. The van der Waals surface area contributed by atoms with Crippen molar-refractivity contribution >= 4 is 0 Å². The molecule has 0 heterocycles. The standard InChI is InChI=1S/C16H25FO2/c1-2-3-4-5-6-11-16(12-18,13-19)14-7-9-15(17)10-8-14/h7-10,18-19H,2-6,11-13H2,1H3. The first-order chi connectivity index (χ1) is 9.18. The summed E-state index contributed by atoms with van der Waals surface area (Å²) < 4.78 is 12.9. The minimum Gasteiger partial charge on any atom is -0.395 e. The summed E-state index contributed by atoms with van der Waals surface area (Å²) in [4.78, 5) is 0. The molecule has 0 aromatic heterocycles. The van der Waals surface area contributed by atoms with Gasteiger partial charge >= 0.3 is 0 Å². The van der Waals surface area contributed by atoms with Crippen molar-refractivity contribution in [3.63, 3.8) is 0 Å². The predicted molar refractivity (Wildman–Crippen MR) is 75.6 cm³/mol. The number of hydrogen-bond donors (Lipinski definition) is 2. The van der Waals surface area contributed by atoms with E-state index in [-0.39, 0.29) is 19.0 Å². The second-order valence-corrected chi connectivity index (χ2v) is 5.27. The van der Waals surface area contributed by atoms with E-state index in [4.69, 9.17) is 0 Å². The molecule has 0 bridgehead atoms. The van der Waals surface area contributed by atoms with Crippen molar-refractivity contribution < 1.29 is 14.6 Å². The van der Waals surface area contributed by atoms with Gasteiger partial charge in [-0.3, -0.25) is 0 Å².